The minimum atomic E-state index is -0.185. The first kappa shape index (κ1) is 20.3. The fourth-order valence-electron chi connectivity index (χ4n) is 4.24. The summed E-state index contributed by atoms with van der Waals surface area (Å²) >= 11 is 0. The smallest absolute Gasteiger partial charge is 0.256 e. The summed E-state index contributed by atoms with van der Waals surface area (Å²) in [7, 11) is 1.57. The molecule has 0 spiro atoms. The highest BCUT2D eigenvalue weighted by molar-refractivity contribution is 6.06. The third-order valence-electron chi connectivity index (χ3n) is 5.83. The molecule has 1 amide bonds. The van der Waals surface area contributed by atoms with Gasteiger partial charge >= 0.3 is 0 Å². The summed E-state index contributed by atoms with van der Waals surface area (Å²) < 4.78 is 5.25. The van der Waals surface area contributed by atoms with Gasteiger partial charge in [0, 0.05) is 41.0 Å². The van der Waals surface area contributed by atoms with E-state index in [-0.39, 0.29) is 12.5 Å². The molecule has 3 heterocycles. The van der Waals surface area contributed by atoms with E-state index in [1.54, 1.807) is 24.3 Å². The van der Waals surface area contributed by atoms with Crippen LogP contribution in [0.5, 0.6) is 5.88 Å². The van der Waals surface area contributed by atoms with Crippen LogP contribution < -0.4 is 10.5 Å². The normalized spacial score (nSPS) is 12.6. The van der Waals surface area contributed by atoms with E-state index in [2.05, 4.69) is 21.8 Å². The molecule has 0 unspecified atom stereocenters. The summed E-state index contributed by atoms with van der Waals surface area (Å²) in [6, 6.07) is 15.4. The number of carbonyl (C=O) groups is 1. The monoisotopic (exact) mass is 436 g/mol. The van der Waals surface area contributed by atoms with Crippen molar-refractivity contribution in [2.75, 3.05) is 19.4 Å². The van der Waals surface area contributed by atoms with Gasteiger partial charge in [0.2, 0.25) is 5.88 Å². The minimum Gasteiger partial charge on any atom is -0.481 e. The molecule has 2 aromatic heterocycles. The molecule has 0 saturated carbocycles. The Hall–Kier alpha value is -4.64. The van der Waals surface area contributed by atoms with Crippen molar-refractivity contribution in [3.8, 4) is 34.3 Å². The number of amides is 1. The molecule has 5 rings (SSSR count). The van der Waals surface area contributed by atoms with Gasteiger partial charge in [0.05, 0.1) is 30.8 Å². The van der Waals surface area contributed by atoms with Crippen molar-refractivity contribution in [2.24, 2.45) is 0 Å². The van der Waals surface area contributed by atoms with Crippen molar-refractivity contribution < 1.29 is 9.53 Å². The van der Waals surface area contributed by atoms with E-state index in [1.165, 1.54) is 0 Å². The van der Waals surface area contributed by atoms with Crippen LogP contribution in [0.1, 0.15) is 15.9 Å². The number of fused-ring (bicyclic) bond motifs is 2. The van der Waals surface area contributed by atoms with Gasteiger partial charge in [-0.25, -0.2) is 4.98 Å². The number of ether oxygens (including phenoxy) is 1. The maximum Gasteiger partial charge on any atom is 0.256 e. The van der Waals surface area contributed by atoms with Crippen LogP contribution in [0.2, 0.25) is 0 Å². The van der Waals surface area contributed by atoms with Crippen LogP contribution in [0.25, 0.3) is 33.3 Å². The average molecular weight is 436 g/mol. The quantitative estimate of drug-likeness (QED) is 0.361. The number of carbonyl (C=O) groups excluding carboxylic acids is 1. The second-order valence-corrected chi connectivity index (χ2v) is 7.85. The summed E-state index contributed by atoms with van der Waals surface area (Å²) in [6.07, 6.45) is 1.68. The Labute approximate surface area is 189 Å². The van der Waals surface area contributed by atoms with Crippen LogP contribution in [0.4, 0.5) is 5.69 Å². The lowest BCUT2D eigenvalue weighted by Gasteiger charge is -2.14. The molecule has 0 atom stereocenters. The summed E-state index contributed by atoms with van der Waals surface area (Å²) in [5, 5.41) is 17.6. The number of anilines is 1. The fourth-order valence-corrected chi connectivity index (χ4v) is 4.24. The van der Waals surface area contributed by atoms with Gasteiger partial charge in [-0.1, -0.05) is 18.7 Å². The molecule has 0 fully saturated rings. The number of nitriles is 1. The maximum atomic E-state index is 13.0. The lowest BCUT2D eigenvalue weighted by Crippen LogP contribution is -2.26. The molecule has 1 aliphatic heterocycles. The molecular formula is C25H20N6O2. The number of nitrogens with zero attached hydrogens (tertiary/aromatic N) is 4. The number of H-pyrrole nitrogens is 1. The molecule has 2 aromatic carbocycles. The van der Waals surface area contributed by atoms with Gasteiger partial charge in [0.15, 0.2) is 0 Å². The molecule has 0 saturated heterocycles. The van der Waals surface area contributed by atoms with Crippen LogP contribution >= 0.6 is 0 Å². The van der Waals surface area contributed by atoms with E-state index >= 15 is 0 Å². The van der Waals surface area contributed by atoms with Crippen LogP contribution in [-0.2, 0) is 6.54 Å². The number of hydrogen-bond donors (Lipinski definition) is 2. The predicted molar refractivity (Wildman–Crippen MR) is 125 cm³/mol. The first-order valence-corrected chi connectivity index (χ1v) is 10.3. The largest absolute Gasteiger partial charge is 0.481 e. The van der Waals surface area contributed by atoms with Crippen molar-refractivity contribution in [1.29, 1.82) is 5.26 Å². The van der Waals surface area contributed by atoms with E-state index in [0.717, 1.165) is 38.9 Å². The predicted octanol–water partition coefficient (Wildman–Crippen LogP) is 3.92. The Morgan fingerprint density at radius 3 is 2.91 bits per heavy atom. The molecule has 0 bridgehead atoms. The van der Waals surface area contributed by atoms with Gasteiger partial charge in [-0.2, -0.15) is 10.4 Å². The Morgan fingerprint density at radius 2 is 2.12 bits per heavy atom. The molecule has 33 heavy (non-hydrogen) atoms. The van der Waals surface area contributed by atoms with Crippen molar-refractivity contribution in [2.45, 2.75) is 6.54 Å². The number of rotatable bonds is 5. The zero-order chi connectivity index (χ0) is 23.1. The van der Waals surface area contributed by atoms with Crippen LogP contribution in [0, 0.1) is 11.3 Å². The molecule has 4 aromatic rings. The molecule has 162 valence electrons. The molecular weight excluding hydrogens is 416 g/mol. The van der Waals surface area contributed by atoms with Crippen LogP contribution in [0.3, 0.4) is 0 Å². The van der Waals surface area contributed by atoms with Crippen molar-refractivity contribution in [3.05, 3.63) is 71.9 Å². The molecule has 0 aliphatic carbocycles. The lowest BCUT2D eigenvalue weighted by molar-refractivity contribution is 0.0794. The number of pyridine rings is 1. The topological polar surface area (TPSA) is 121 Å². The van der Waals surface area contributed by atoms with E-state index in [1.807, 2.05) is 42.5 Å². The second kappa shape index (κ2) is 7.80. The van der Waals surface area contributed by atoms with E-state index < -0.39 is 0 Å². The number of nitrogens with two attached hydrogens (primary N) is 1. The van der Waals surface area contributed by atoms with Gasteiger partial charge in [-0.15, -0.1) is 0 Å². The van der Waals surface area contributed by atoms with Gasteiger partial charge in [-0.05, 0) is 41.0 Å². The Morgan fingerprint density at radius 1 is 1.27 bits per heavy atom. The third-order valence-corrected chi connectivity index (χ3v) is 5.83. The zero-order valence-electron chi connectivity index (χ0n) is 17.9. The highest BCUT2D eigenvalue weighted by atomic mass is 16.5. The third kappa shape index (κ3) is 3.36. The number of nitrogen functional groups attached to an aromatic ring is 1. The SMILES string of the molecule is C=C(C#N)CN1Cc2c(-c3ccc4[nH]nc(-c5ccnc(OC)c5)c4c3)ccc(N)c2C1=O. The number of hydrogen-bond acceptors (Lipinski definition) is 6. The van der Waals surface area contributed by atoms with Crippen molar-refractivity contribution in [3.63, 3.8) is 0 Å². The van der Waals surface area contributed by atoms with Crippen LogP contribution in [0.15, 0.2) is 60.8 Å². The van der Waals surface area contributed by atoms with Gasteiger partial charge < -0.3 is 15.4 Å². The van der Waals surface area contributed by atoms with Gasteiger partial charge in [0.25, 0.3) is 5.91 Å². The molecule has 3 N–H and O–H groups in total. The number of aromatic amines is 1. The maximum absolute atomic E-state index is 13.0. The first-order chi connectivity index (χ1) is 16.0. The van der Waals surface area contributed by atoms with Crippen LogP contribution in [-0.4, -0.2) is 39.6 Å². The number of benzene rings is 2. The summed E-state index contributed by atoms with van der Waals surface area (Å²) in [6.45, 7) is 4.25. The summed E-state index contributed by atoms with van der Waals surface area (Å²) in [5.41, 5.74) is 12.7. The molecule has 8 heteroatoms. The van der Waals surface area contributed by atoms with E-state index in [9.17, 15) is 4.79 Å². The Balaban J connectivity index is 1.61. The van der Waals surface area contributed by atoms with Crippen molar-refractivity contribution >= 4 is 22.5 Å². The standard InChI is InChI=1S/C25H20N6O2/c1-14(11-26)12-31-13-19-17(4-5-20(27)23(19)25(31)32)15-3-6-21-18(9-15)24(30-29-21)16-7-8-28-22(10-16)33-2/h3-10H,1,12-13,27H2,2H3,(H,29,30). The highest BCUT2D eigenvalue weighted by Gasteiger charge is 2.32. The zero-order valence-corrected chi connectivity index (χ0v) is 17.9. The number of methoxy groups -OCH3 is 1. The molecule has 1 aliphatic rings. The minimum absolute atomic E-state index is 0.178. The fraction of sp³-hybridized carbons (Fsp3) is 0.120. The van der Waals surface area contributed by atoms with E-state index in [0.29, 0.717) is 29.2 Å². The van der Waals surface area contributed by atoms with Crippen molar-refractivity contribution in [1.82, 2.24) is 20.1 Å². The van der Waals surface area contributed by atoms with E-state index in [4.69, 9.17) is 15.7 Å². The summed E-state index contributed by atoms with van der Waals surface area (Å²) in [4.78, 5) is 18.8. The lowest BCUT2D eigenvalue weighted by atomic mass is 9.94. The number of aromatic nitrogens is 3. The second-order valence-electron chi connectivity index (χ2n) is 7.85. The molecule has 0 radical (unpaired) electrons. The molecule has 8 nitrogen and oxygen atoms in total. The van der Waals surface area contributed by atoms with Gasteiger partial charge in [-0.3, -0.25) is 9.89 Å². The Kier molecular flexibility index (Phi) is 4.79. The average Bonchev–Trinajstić information content (AvgIpc) is 3.40. The number of nitrogens with one attached hydrogen (secondary N) is 1. The highest BCUT2D eigenvalue weighted by Crippen LogP contribution is 2.38. The summed E-state index contributed by atoms with van der Waals surface area (Å²) in [5.74, 6) is 0.323. The van der Waals surface area contributed by atoms with Gasteiger partial charge in [0.1, 0.15) is 5.69 Å². The first-order valence-electron chi connectivity index (χ1n) is 10.3. The Bertz CT molecular complexity index is 1480.